The first-order valence-corrected chi connectivity index (χ1v) is 16.3. The molecule has 2 heterocycles. The van der Waals surface area contributed by atoms with Gasteiger partial charge in [-0.1, -0.05) is 121 Å². The minimum absolute atomic E-state index is 0.582. The smallest absolute Gasteiger partial charge is 0.0594 e. The molecule has 2 N–H and O–H groups in total. The quantitative estimate of drug-likeness (QED) is 0.169. The van der Waals surface area contributed by atoms with Crippen molar-refractivity contribution in [2.45, 2.75) is 13.1 Å². The molecule has 2 aromatic heterocycles. The summed E-state index contributed by atoms with van der Waals surface area (Å²) in [6.07, 6.45) is 3.71. The molecule has 0 radical (unpaired) electrons. The van der Waals surface area contributed by atoms with Gasteiger partial charge in [0.1, 0.15) is 0 Å². The molecule has 8 aromatic rings. The highest BCUT2D eigenvalue weighted by Crippen LogP contribution is 2.50. The van der Waals surface area contributed by atoms with E-state index in [9.17, 15) is 0 Å². The van der Waals surface area contributed by atoms with Gasteiger partial charge in [0.15, 0.2) is 0 Å². The Hall–Kier alpha value is -6.26. The molecule has 4 nitrogen and oxygen atoms in total. The van der Waals surface area contributed by atoms with E-state index in [-0.39, 0.29) is 0 Å². The Morgan fingerprint density at radius 1 is 0.396 bits per heavy atom. The van der Waals surface area contributed by atoms with Crippen LogP contribution in [0.3, 0.4) is 0 Å². The van der Waals surface area contributed by atoms with Crippen LogP contribution in [0, 0.1) is 0 Å². The van der Waals surface area contributed by atoms with Crippen molar-refractivity contribution in [1.82, 2.24) is 9.97 Å². The standard InChI is InChI=1S/C44H34N4/c1-3-15-31(16-4-1)39-27-33-19-7-9-23-37(33)41(43(39)47-29-35-21-11-13-25-45-35)42-38-24-10-8-20-34(38)28-40(32-17-5-2-6-18-32)44(42)48-30-36-22-12-14-26-46-36/h1-28,47-48H,29-30H2. The second-order valence-corrected chi connectivity index (χ2v) is 11.9. The number of pyridine rings is 2. The molecule has 0 aliphatic carbocycles. The van der Waals surface area contributed by atoms with E-state index >= 15 is 0 Å². The zero-order valence-corrected chi connectivity index (χ0v) is 26.5. The molecule has 4 heteroatoms. The SMILES string of the molecule is c1ccc(-c2cc3ccccc3c(-c3c(NCc4ccccn4)c(-c4ccccc4)cc4ccccc34)c2NCc2ccccn2)cc1. The number of fused-ring (bicyclic) bond motifs is 2. The number of nitrogens with one attached hydrogen (secondary N) is 2. The maximum Gasteiger partial charge on any atom is 0.0594 e. The maximum absolute atomic E-state index is 4.66. The molecule has 0 spiro atoms. The number of anilines is 2. The Morgan fingerprint density at radius 3 is 1.21 bits per heavy atom. The van der Waals surface area contributed by atoms with E-state index in [1.165, 1.54) is 21.5 Å². The second kappa shape index (κ2) is 13.2. The third kappa shape index (κ3) is 5.76. The number of aromatic nitrogens is 2. The lowest BCUT2D eigenvalue weighted by Gasteiger charge is -2.25. The van der Waals surface area contributed by atoms with E-state index in [0.717, 1.165) is 56.1 Å². The zero-order chi connectivity index (χ0) is 32.1. The molecule has 0 unspecified atom stereocenters. The third-order valence-corrected chi connectivity index (χ3v) is 8.86. The Labute approximate surface area is 280 Å². The molecule has 0 fully saturated rings. The van der Waals surface area contributed by atoms with Crippen LogP contribution in [0.2, 0.25) is 0 Å². The average Bonchev–Trinajstić information content (AvgIpc) is 3.17. The van der Waals surface area contributed by atoms with E-state index < -0.39 is 0 Å². The van der Waals surface area contributed by atoms with Crippen molar-refractivity contribution in [3.05, 3.63) is 182 Å². The van der Waals surface area contributed by atoms with Gasteiger partial charge in [0.2, 0.25) is 0 Å². The number of rotatable bonds is 9. The fraction of sp³-hybridized carbons (Fsp3) is 0.0455. The maximum atomic E-state index is 4.66. The lowest BCUT2D eigenvalue weighted by molar-refractivity contribution is 1.04. The molecule has 0 saturated carbocycles. The van der Waals surface area contributed by atoms with Crippen molar-refractivity contribution >= 4 is 32.9 Å². The van der Waals surface area contributed by atoms with Crippen LogP contribution in [0.1, 0.15) is 11.4 Å². The van der Waals surface area contributed by atoms with Gasteiger partial charge in [-0.2, -0.15) is 0 Å². The molecule has 0 amide bonds. The Morgan fingerprint density at radius 2 is 0.792 bits per heavy atom. The fourth-order valence-corrected chi connectivity index (χ4v) is 6.64. The predicted molar refractivity (Wildman–Crippen MR) is 201 cm³/mol. The lowest BCUT2D eigenvalue weighted by atomic mass is 9.85. The van der Waals surface area contributed by atoms with Gasteiger partial charge >= 0.3 is 0 Å². The van der Waals surface area contributed by atoms with Crippen molar-refractivity contribution in [1.29, 1.82) is 0 Å². The molecule has 0 atom stereocenters. The van der Waals surface area contributed by atoms with Crippen LogP contribution in [0.15, 0.2) is 170 Å². The predicted octanol–water partition coefficient (Wildman–Crippen LogP) is 11.0. The highest BCUT2D eigenvalue weighted by atomic mass is 14.9. The highest BCUT2D eigenvalue weighted by molar-refractivity contribution is 6.18. The van der Waals surface area contributed by atoms with Crippen LogP contribution in [-0.4, -0.2) is 9.97 Å². The fourth-order valence-electron chi connectivity index (χ4n) is 6.64. The summed E-state index contributed by atoms with van der Waals surface area (Å²) in [6.45, 7) is 1.16. The van der Waals surface area contributed by atoms with Crippen molar-refractivity contribution in [2.24, 2.45) is 0 Å². The molecule has 0 bridgehead atoms. The van der Waals surface area contributed by atoms with Crippen molar-refractivity contribution < 1.29 is 0 Å². The van der Waals surface area contributed by atoms with E-state index in [1.807, 2.05) is 36.7 Å². The van der Waals surface area contributed by atoms with Crippen LogP contribution >= 0.6 is 0 Å². The summed E-state index contributed by atoms with van der Waals surface area (Å²) in [7, 11) is 0. The van der Waals surface area contributed by atoms with Crippen molar-refractivity contribution in [2.75, 3.05) is 10.6 Å². The Bertz CT molecular complexity index is 2150. The van der Waals surface area contributed by atoms with Crippen LogP contribution in [-0.2, 0) is 13.1 Å². The largest absolute Gasteiger partial charge is 0.378 e. The zero-order valence-electron chi connectivity index (χ0n) is 26.5. The van der Waals surface area contributed by atoms with E-state index in [0.29, 0.717) is 13.1 Å². The molecule has 6 aromatic carbocycles. The summed E-state index contributed by atoms with van der Waals surface area (Å²) in [4.78, 5) is 9.33. The van der Waals surface area contributed by atoms with Crippen LogP contribution in [0.25, 0.3) is 54.9 Å². The topological polar surface area (TPSA) is 49.8 Å². The van der Waals surface area contributed by atoms with Crippen molar-refractivity contribution in [3.8, 4) is 33.4 Å². The van der Waals surface area contributed by atoms with Crippen LogP contribution in [0.5, 0.6) is 0 Å². The van der Waals surface area contributed by atoms with E-state index in [4.69, 9.17) is 0 Å². The van der Waals surface area contributed by atoms with Crippen LogP contribution < -0.4 is 10.6 Å². The van der Waals surface area contributed by atoms with E-state index in [1.54, 1.807) is 0 Å². The summed E-state index contributed by atoms with van der Waals surface area (Å²) in [6, 6.07) is 55.6. The van der Waals surface area contributed by atoms with Gasteiger partial charge in [0, 0.05) is 34.6 Å². The summed E-state index contributed by atoms with van der Waals surface area (Å²) in [5.74, 6) is 0. The molecular formula is C44H34N4. The molecule has 0 saturated heterocycles. The molecule has 230 valence electrons. The number of hydrogen-bond acceptors (Lipinski definition) is 4. The molecule has 8 rings (SSSR count). The van der Waals surface area contributed by atoms with Gasteiger partial charge in [-0.05, 0) is 69.1 Å². The Kier molecular flexibility index (Phi) is 8.04. The number of benzene rings is 6. The molecule has 48 heavy (non-hydrogen) atoms. The first kappa shape index (κ1) is 29.2. The minimum atomic E-state index is 0.582. The van der Waals surface area contributed by atoms with Gasteiger partial charge < -0.3 is 10.6 Å². The molecular weight excluding hydrogens is 585 g/mol. The second-order valence-electron chi connectivity index (χ2n) is 11.9. The lowest BCUT2D eigenvalue weighted by Crippen LogP contribution is -2.08. The molecule has 0 aliphatic rings. The van der Waals surface area contributed by atoms with Crippen molar-refractivity contribution in [3.63, 3.8) is 0 Å². The normalized spacial score (nSPS) is 11.1. The Balaban J connectivity index is 1.48. The van der Waals surface area contributed by atoms with Gasteiger partial charge in [0.25, 0.3) is 0 Å². The summed E-state index contributed by atoms with van der Waals surface area (Å²) >= 11 is 0. The monoisotopic (exact) mass is 618 g/mol. The van der Waals surface area contributed by atoms with Gasteiger partial charge in [0.05, 0.1) is 35.9 Å². The highest BCUT2D eigenvalue weighted by Gasteiger charge is 2.24. The summed E-state index contributed by atoms with van der Waals surface area (Å²) in [5.41, 5.74) is 11.0. The first-order chi connectivity index (χ1) is 23.8. The third-order valence-electron chi connectivity index (χ3n) is 8.86. The number of nitrogens with zero attached hydrogens (tertiary/aromatic N) is 2. The summed E-state index contributed by atoms with van der Waals surface area (Å²) < 4.78 is 0. The van der Waals surface area contributed by atoms with E-state index in [2.05, 4.69) is 154 Å². The van der Waals surface area contributed by atoms with Crippen LogP contribution in [0.4, 0.5) is 11.4 Å². The first-order valence-electron chi connectivity index (χ1n) is 16.3. The van der Waals surface area contributed by atoms with Gasteiger partial charge in [-0.15, -0.1) is 0 Å². The van der Waals surface area contributed by atoms with Gasteiger partial charge in [-0.25, -0.2) is 0 Å². The average molecular weight is 619 g/mol. The molecule has 0 aliphatic heterocycles. The minimum Gasteiger partial charge on any atom is -0.378 e. The van der Waals surface area contributed by atoms with Gasteiger partial charge in [-0.3, -0.25) is 9.97 Å². The summed E-state index contributed by atoms with van der Waals surface area (Å²) in [5, 5.41) is 12.5. The number of hydrogen-bond donors (Lipinski definition) is 2.